The molecule has 24 heavy (non-hydrogen) atoms. The van der Waals surface area contributed by atoms with Gasteiger partial charge in [-0.1, -0.05) is 6.92 Å². The van der Waals surface area contributed by atoms with Gasteiger partial charge in [0.15, 0.2) is 0 Å². The van der Waals surface area contributed by atoms with Crippen LogP contribution in [0.2, 0.25) is 0 Å². The Bertz CT molecular complexity index is 858. The molecule has 0 aliphatic carbocycles. The largest absolute Gasteiger partial charge is 0.480 e. The number of aliphatic carboxylic acids is 1. The van der Waals surface area contributed by atoms with Crippen LogP contribution in [-0.2, 0) is 17.8 Å². The molecule has 0 bridgehead atoms. The second kappa shape index (κ2) is 6.62. The van der Waals surface area contributed by atoms with Gasteiger partial charge < -0.3 is 9.67 Å². The number of carboxylic acids is 1. The molecule has 0 unspecified atom stereocenters. The van der Waals surface area contributed by atoms with Gasteiger partial charge in [0, 0.05) is 29.9 Å². The van der Waals surface area contributed by atoms with Crippen molar-refractivity contribution in [1.82, 2.24) is 14.5 Å². The number of hydrogen-bond acceptors (Lipinski definition) is 3. The van der Waals surface area contributed by atoms with Gasteiger partial charge in [-0.25, -0.2) is 9.37 Å². The molecular weight excluding hydrogens is 309 g/mol. The van der Waals surface area contributed by atoms with Gasteiger partial charge in [-0.3, -0.25) is 9.78 Å². The summed E-state index contributed by atoms with van der Waals surface area (Å²) in [5, 5.41) is 9.26. The lowest BCUT2D eigenvalue weighted by Gasteiger charge is -2.10. The van der Waals surface area contributed by atoms with Crippen molar-refractivity contribution >= 4 is 5.97 Å². The molecule has 0 atom stereocenters. The number of aryl methyl sites for hydroxylation is 1. The molecule has 1 aromatic carbocycles. The number of pyridine rings is 1. The summed E-state index contributed by atoms with van der Waals surface area (Å²) in [5.41, 5.74) is 2.89. The molecule has 0 saturated heterocycles. The van der Waals surface area contributed by atoms with Crippen LogP contribution in [0.4, 0.5) is 4.39 Å². The number of carbonyl (C=O) groups is 1. The van der Waals surface area contributed by atoms with Gasteiger partial charge in [-0.15, -0.1) is 0 Å². The van der Waals surface area contributed by atoms with Gasteiger partial charge in [-0.2, -0.15) is 0 Å². The van der Waals surface area contributed by atoms with Crippen LogP contribution in [0, 0.1) is 5.82 Å². The average molecular weight is 325 g/mol. The molecule has 2 aromatic heterocycles. The number of aromatic nitrogens is 3. The highest BCUT2D eigenvalue weighted by Crippen LogP contribution is 2.33. The minimum Gasteiger partial charge on any atom is -0.480 e. The van der Waals surface area contributed by atoms with Gasteiger partial charge in [0.05, 0.1) is 11.4 Å². The van der Waals surface area contributed by atoms with Crippen molar-refractivity contribution in [2.24, 2.45) is 0 Å². The van der Waals surface area contributed by atoms with Crippen LogP contribution in [0.1, 0.15) is 12.7 Å². The first-order chi connectivity index (χ1) is 11.6. The molecule has 2 heterocycles. The standard InChI is InChI=1S/C18H16FN3O2/c1-2-15-21-17(12-3-5-14(19)6-4-12)18(22(15)11-16(23)24)13-7-9-20-10-8-13/h3-10H,2,11H2,1H3,(H,23,24). The smallest absolute Gasteiger partial charge is 0.323 e. The summed E-state index contributed by atoms with van der Waals surface area (Å²) in [6.07, 6.45) is 3.88. The molecule has 0 fully saturated rings. The summed E-state index contributed by atoms with van der Waals surface area (Å²) in [6.45, 7) is 1.74. The van der Waals surface area contributed by atoms with E-state index in [1.54, 1.807) is 29.1 Å². The first kappa shape index (κ1) is 15.9. The Balaban J connectivity index is 2.26. The minimum atomic E-state index is -0.942. The third kappa shape index (κ3) is 3.03. The second-order valence-electron chi connectivity index (χ2n) is 5.30. The van der Waals surface area contributed by atoms with E-state index < -0.39 is 5.97 Å². The van der Waals surface area contributed by atoms with E-state index in [1.807, 2.05) is 19.1 Å². The monoisotopic (exact) mass is 325 g/mol. The van der Waals surface area contributed by atoms with Gasteiger partial charge >= 0.3 is 5.97 Å². The average Bonchev–Trinajstić information content (AvgIpc) is 2.94. The van der Waals surface area contributed by atoms with Crippen molar-refractivity contribution in [2.75, 3.05) is 0 Å². The van der Waals surface area contributed by atoms with Crippen LogP contribution in [0.15, 0.2) is 48.8 Å². The predicted octanol–water partition coefficient (Wildman–Crippen LogP) is 3.40. The molecule has 5 nitrogen and oxygen atoms in total. The topological polar surface area (TPSA) is 68.0 Å². The number of rotatable bonds is 5. The van der Waals surface area contributed by atoms with E-state index in [0.717, 1.165) is 11.1 Å². The quantitative estimate of drug-likeness (QED) is 0.780. The van der Waals surface area contributed by atoms with Gasteiger partial charge in [-0.05, 0) is 36.4 Å². The fourth-order valence-electron chi connectivity index (χ4n) is 2.69. The molecular formula is C18H16FN3O2. The van der Waals surface area contributed by atoms with E-state index in [2.05, 4.69) is 9.97 Å². The summed E-state index contributed by atoms with van der Waals surface area (Å²) in [7, 11) is 0. The van der Waals surface area contributed by atoms with Crippen LogP contribution < -0.4 is 0 Å². The third-order valence-electron chi connectivity index (χ3n) is 3.73. The normalized spacial score (nSPS) is 10.8. The van der Waals surface area contributed by atoms with Crippen molar-refractivity contribution in [3.05, 3.63) is 60.4 Å². The highest BCUT2D eigenvalue weighted by molar-refractivity contribution is 5.80. The molecule has 1 N–H and O–H groups in total. The first-order valence-electron chi connectivity index (χ1n) is 7.57. The van der Waals surface area contributed by atoms with E-state index in [4.69, 9.17) is 0 Å². The van der Waals surface area contributed by atoms with Crippen molar-refractivity contribution < 1.29 is 14.3 Å². The Hall–Kier alpha value is -3.02. The van der Waals surface area contributed by atoms with E-state index in [1.165, 1.54) is 12.1 Å². The molecule has 0 aliphatic rings. The maximum absolute atomic E-state index is 13.2. The second-order valence-corrected chi connectivity index (χ2v) is 5.30. The van der Waals surface area contributed by atoms with Crippen molar-refractivity contribution in [3.8, 4) is 22.5 Å². The highest BCUT2D eigenvalue weighted by atomic mass is 19.1. The zero-order chi connectivity index (χ0) is 17.1. The molecule has 0 amide bonds. The van der Waals surface area contributed by atoms with E-state index in [0.29, 0.717) is 23.6 Å². The predicted molar refractivity (Wildman–Crippen MR) is 87.9 cm³/mol. The number of benzene rings is 1. The Morgan fingerprint density at radius 1 is 1.12 bits per heavy atom. The van der Waals surface area contributed by atoms with E-state index in [9.17, 15) is 14.3 Å². The van der Waals surface area contributed by atoms with Crippen molar-refractivity contribution in [3.63, 3.8) is 0 Å². The minimum absolute atomic E-state index is 0.185. The van der Waals surface area contributed by atoms with Crippen LogP contribution in [0.3, 0.4) is 0 Å². The molecule has 0 aliphatic heterocycles. The Labute approximate surface area is 138 Å². The lowest BCUT2D eigenvalue weighted by molar-refractivity contribution is -0.137. The van der Waals surface area contributed by atoms with Crippen molar-refractivity contribution in [1.29, 1.82) is 0 Å². The molecule has 6 heteroatoms. The van der Waals surface area contributed by atoms with E-state index in [-0.39, 0.29) is 12.4 Å². The Morgan fingerprint density at radius 2 is 1.79 bits per heavy atom. The lowest BCUT2D eigenvalue weighted by atomic mass is 10.1. The molecule has 0 saturated carbocycles. The van der Waals surface area contributed by atoms with Crippen LogP contribution >= 0.6 is 0 Å². The molecule has 0 radical (unpaired) electrons. The maximum atomic E-state index is 13.2. The number of imidazole rings is 1. The Morgan fingerprint density at radius 3 is 2.38 bits per heavy atom. The van der Waals surface area contributed by atoms with Gasteiger partial charge in [0.2, 0.25) is 0 Å². The molecule has 0 spiro atoms. The fraction of sp³-hybridized carbons (Fsp3) is 0.167. The van der Waals surface area contributed by atoms with Crippen molar-refractivity contribution in [2.45, 2.75) is 19.9 Å². The summed E-state index contributed by atoms with van der Waals surface area (Å²) in [4.78, 5) is 19.9. The first-order valence-corrected chi connectivity index (χ1v) is 7.57. The van der Waals surface area contributed by atoms with Crippen LogP contribution in [0.5, 0.6) is 0 Å². The van der Waals surface area contributed by atoms with Gasteiger partial charge in [0.25, 0.3) is 0 Å². The zero-order valence-electron chi connectivity index (χ0n) is 13.1. The summed E-state index contributed by atoms with van der Waals surface area (Å²) in [5.74, 6) is -0.600. The summed E-state index contributed by atoms with van der Waals surface area (Å²) >= 11 is 0. The number of nitrogens with zero attached hydrogens (tertiary/aromatic N) is 3. The highest BCUT2D eigenvalue weighted by Gasteiger charge is 2.20. The fourth-order valence-corrected chi connectivity index (χ4v) is 2.69. The number of hydrogen-bond donors (Lipinski definition) is 1. The van der Waals surface area contributed by atoms with Crippen LogP contribution in [0.25, 0.3) is 22.5 Å². The summed E-state index contributed by atoms with van der Waals surface area (Å²) in [6, 6.07) is 9.64. The van der Waals surface area contributed by atoms with Gasteiger partial charge in [0.1, 0.15) is 18.2 Å². The third-order valence-corrected chi connectivity index (χ3v) is 3.73. The Kier molecular flexibility index (Phi) is 4.37. The maximum Gasteiger partial charge on any atom is 0.323 e. The number of carboxylic acid groups (broad SMARTS) is 1. The van der Waals surface area contributed by atoms with E-state index >= 15 is 0 Å². The lowest BCUT2D eigenvalue weighted by Crippen LogP contribution is -2.12. The molecule has 3 rings (SSSR count). The molecule has 122 valence electrons. The molecule has 3 aromatic rings. The zero-order valence-corrected chi connectivity index (χ0v) is 13.1. The SMILES string of the molecule is CCc1nc(-c2ccc(F)cc2)c(-c2ccncc2)n1CC(=O)O. The summed E-state index contributed by atoms with van der Waals surface area (Å²) < 4.78 is 14.9. The van der Waals surface area contributed by atoms with Crippen LogP contribution in [-0.4, -0.2) is 25.6 Å². The number of halogens is 1.